The third-order valence-electron chi connectivity index (χ3n) is 10.2. The van der Waals surface area contributed by atoms with Gasteiger partial charge in [-0.05, 0) is 121 Å². The fourth-order valence-corrected chi connectivity index (χ4v) is 8.00. The summed E-state index contributed by atoms with van der Waals surface area (Å²) in [6.07, 6.45) is 4.48. The molecule has 2 aliphatic rings. The average Bonchev–Trinajstić information content (AvgIpc) is 3.72. The molecular formula is C43H43N3O2. The zero-order chi connectivity index (χ0) is 33.4. The van der Waals surface area contributed by atoms with Gasteiger partial charge in [0.25, 0.3) is 0 Å². The summed E-state index contributed by atoms with van der Waals surface area (Å²) in [5.41, 5.74) is 11.8. The van der Waals surface area contributed by atoms with E-state index in [2.05, 4.69) is 94.6 Å². The van der Waals surface area contributed by atoms with Gasteiger partial charge in [0.15, 0.2) is 0 Å². The molecule has 0 radical (unpaired) electrons. The van der Waals surface area contributed by atoms with E-state index < -0.39 is 0 Å². The Balaban J connectivity index is 1.14. The van der Waals surface area contributed by atoms with Gasteiger partial charge in [-0.3, -0.25) is 0 Å². The average molecular weight is 634 g/mol. The van der Waals surface area contributed by atoms with E-state index in [-0.39, 0.29) is 22.1 Å². The summed E-state index contributed by atoms with van der Waals surface area (Å²) >= 11 is 0. The van der Waals surface area contributed by atoms with E-state index in [1.807, 2.05) is 42.5 Å². The third kappa shape index (κ3) is 5.26. The Morgan fingerprint density at radius 1 is 0.708 bits per heavy atom. The van der Waals surface area contributed by atoms with Crippen LogP contribution in [0.3, 0.4) is 0 Å². The highest BCUT2D eigenvalue weighted by Crippen LogP contribution is 2.50. The molecular weight excluding hydrogens is 590 g/mol. The van der Waals surface area contributed by atoms with Gasteiger partial charge < -0.3 is 14.4 Å². The molecule has 48 heavy (non-hydrogen) atoms. The van der Waals surface area contributed by atoms with Crippen molar-refractivity contribution in [3.05, 3.63) is 125 Å². The highest BCUT2D eigenvalue weighted by molar-refractivity contribution is 5.86. The van der Waals surface area contributed by atoms with Crippen molar-refractivity contribution >= 4 is 11.0 Å². The highest BCUT2D eigenvalue weighted by atomic mass is 16.5. The predicted molar refractivity (Wildman–Crippen MR) is 194 cm³/mol. The number of benzene rings is 4. The monoisotopic (exact) mass is 633 g/mol. The number of fused-ring (bicyclic) bond motifs is 4. The van der Waals surface area contributed by atoms with E-state index in [1.54, 1.807) is 6.07 Å². The van der Waals surface area contributed by atoms with Crippen LogP contribution in [0.5, 0.6) is 17.4 Å². The third-order valence-corrected chi connectivity index (χ3v) is 10.2. The first-order valence-corrected chi connectivity index (χ1v) is 17.1. The van der Waals surface area contributed by atoms with E-state index in [0.717, 1.165) is 48.2 Å². The minimum absolute atomic E-state index is 0.0512. The first-order valence-electron chi connectivity index (χ1n) is 17.1. The molecule has 0 saturated carbocycles. The Kier molecular flexibility index (Phi) is 6.86. The van der Waals surface area contributed by atoms with Gasteiger partial charge in [-0.1, -0.05) is 75.4 Å². The zero-order valence-electron chi connectivity index (χ0n) is 28.8. The molecule has 6 aromatic rings. The quantitative estimate of drug-likeness (QED) is 0.210. The number of aromatic hydroxyl groups is 1. The van der Waals surface area contributed by atoms with Crippen LogP contribution in [-0.4, -0.2) is 19.6 Å². The molecule has 0 amide bonds. The molecule has 8 rings (SSSR count). The summed E-state index contributed by atoms with van der Waals surface area (Å²) in [5, 5.41) is 10.7. The molecule has 2 aromatic heterocycles. The predicted octanol–water partition coefficient (Wildman–Crippen LogP) is 10.2. The van der Waals surface area contributed by atoms with Crippen molar-refractivity contribution in [2.75, 3.05) is 0 Å². The molecule has 2 heterocycles. The molecule has 5 nitrogen and oxygen atoms in total. The van der Waals surface area contributed by atoms with Crippen LogP contribution in [0.4, 0.5) is 0 Å². The lowest BCUT2D eigenvalue weighted by Crippen LogP contribution is -2.24. The Morgan fingerprint density at radius 2 is 1.44 bits per heavy atom. The fourth-order valence-electron chi connectivity index (χ4n) is 8.00. The largest absolute Gasteiger partial charge is 0.507 e. The number of hydrogen-bond acceptors (Lipinski definition) is 4. The van der Waals surface area contributed by atoms with Crippen LogP contribution in [0.15, 0.2) is 97.1 Å². The van der Waals surface area contributed by atoms with E-state index in [0.29, 0.717) is 22.9 Å². The van der Waals surface area contributed by atoms with Gasteiger partial charge in [0, 0.05) is 22.7 Å². The topological polar surface area (TPSA) is 60.2 Å². The Labute approximate surface area is 283 Å². The molecule has 2 aliphatic carbocycles. The molecule has 0 unspecified atom stereocenters. The smallest absolute Gasteiger partial charge is 0.219 e. The van der Waals surface area contributed by atoms with Gasteiger partial charge in [-0.25, -0.2) is 9.97 Å². The SMILES string of the molecule is CC(C)(C)c1ccc(O)c(-c2cccc(Oc3cccc(-c4nc5ccc6c(c5n4C(C)(C)C)CC4(Cc5ccccc5C4)C6)c3)n2)c1. The van der Waals surface area contributed by atoms with E-state index in [9.17, 15) is 5.11 Å². The van der Waals surface area contributed by atoms with Crippen LogP contribution >= 0.6 is 0 Å². The van der Waals surface area contributed by atoms with Crippen LogP contribution in [0.1, 0.15) is 69.4 Å². The normalized spacial score (nSPS) is 15.2. The maximum Gasteiger partial charge on any atom is 0.219 e. The minimum atomic E-state index is -0.191. The highest BCUT2D eigenvalue weighted by Gasteiger charge is 2.43. The second-order valence-corrected chi connectivity index (χ2v) is 16.0. The summed E-state index contributed by atoms with van der Waals surface area (Å²) in [6.45, 7) is 13.3. The number of hydrogen-bond donors (Lipinski definition) is 1. The maximum absolute atomic E-state index is 10.7. The molecule has 242 valence electrons. The second-order valence-electron chi connectivity index (χ2n) is 16.0. The van der Waals surface area contributed by atoms with Crippen molar-refractivity contribution in [1.29, 1.82) is 0 Å². The molecule has 4 aromatic carbocycles. The molecule has 1 spiro atoms. The molecule has 0 bridgehead atoms. The molecule has 0 aliphatic heterocycles. The van der Waals surface area contributed by atoms with Crippen molar-refractivity contribution < 1.29 is 9.84 Å². The molecule has 5 heteroatoms. The van der Waals surface area contributed by atoms with Crippen molar-refractivity contribution in [1.82, 2.24) is 14.5 Å². The number of phenolic OH excluding ortho intramolecular Hbond substituents is 1. The van der Waals surface area contributed by atoms with Crippen molar-refractivity contribution in [2.24, 2.45) is 5.41 Å². The van der Waals surface area contributed by atoms with Crippen LogP contribution in [-0.2, 0) is 36.6 Å². The van der Waals surface area contributed by atoms with Crippen molar-refractivity contribution in [2.45, 2.75) is 78.2 Å². The summed E-state index contributed by atoms with van der Waals surface area (Å²) in [7, 11) is 0. The maximum atomic E-state index is 10.7. The van der Waals surface area contributed by atoms with Crippen LogP contribution < -0.4 is 4.74 Å². The van der Waals surface area contributed by atoms with Gasteiger partial charge in [0.1, 0.15) is 17.3 Å². The Bertz CT molecular complexity index is 2190. The van der Waals surface area contributed by atoms with E-state index >= 15 is 0 Å². The van der Waals surface area contributed by atoms with Gasteiger partial charge in [-0.2, -0.15) is 0 Å². The molecule has 0 fully saturated rings. The lowest BCUT2D eigenvalue weighted by atomic mass is 9.82. The Hall–Kier alpha value is -4.90. The number of ether oxygens (including phenoxy) is 1. The lowest BCUT2D eigenvalue weighted by molar-refractivity contribution is 0.326. The number of imidazole rings is 1. The van der Waals surface area contributed by atoms with Crippen LogP contribution in [0.25, 0.3) is 33.7 Å². The summed E-state index contributed by atoms with van der Waals surface area (Å²) in [5.74, 6) is 2.30. The second kappa shape index (κ2) is 10.8. The molecule has 0 saturated heterocycles. The standard InChI is InChI=1S/C43H43N3O2/c1-41(2,3)31-18-20-37(47)33(22-31)35-15-10-16-38(44-35)48-32-14-9-13-27(21-32)40-45-36-19-17-30-25-43(23-28-11-7-8-12-29(28)24-43)26-34(30)39(36)46(40)42(4,5)6/h7-22,47H,23-26H2,1-6H3. The Morgan fingerprint density at radius 3 is 2.17 bits per heavy atom. The van der Waals surface area contributed by atoms with E-state index in [1.165, 1.54) is 27.8 Å². The minimum Gasteiger partial charge on any atom is -0.507 e. The molecule has 0 atom stereocenters. The van der Waals surface area contributed by atoms with Gasteiger partial charge >= 0.3 is 0 Å². The van der Waals surface area contributed by atoms with E-state index in [4.69, 9.17) is 14.7 Å². The van der Waals surface area contributed by atoms with Crippen LogP contribution in [0, 0.1) is 5.41 Å². The summed E-state index contributed by atoms with van der Waals surface area (Å²) in [6, 6.07) is 33.1. The van der Waals surface area contributed by atoms with Crippen molar-refractivity contribution in [3.8, 4) is 40.0 Å². The van der Waals surface area contributed by atoms with Crippen molar-refractivity contribution in [3.63, 3.8) is 0 Å². The van der Waals surface area contributed by atoms with Gasteiger partial charge in [0.2, 0.25) is 5.88 Å². The first-order chi connectivity index (χ1) is 22.9. The zero-order valence-corrected chi connectivity index (χ0v) is 28.8. The molecule has 1 N–H and O–H groups in total. The number of phenols is 1. The first kappa shape index (κ1) is 30.4. The number of aromatic nitrogens is 3. The van der Waals surface area contributed by atoms with Crippen LogP contribution in [0.2, 0.25) is 0 Å². The lowest BCUT2D eigenvalue weighted by Gasteiger charge is -2.26. The number of rotatable bonds is 4. The summed E-state index contributed by atoms with van der Waals surface area (Å²) < 4.78 is 8.83. The van der Waals surface area contributed by atoms with Gasteiger partial charge in [0.05, 0.1) is 16.7 Å². The summed E-state index contributed by atoms with van der Waals surface area (Å²) in [4.78, 5) is 10.1. The number of pyridine rings is 1. The fraction of sp³-hybridized carbons (Fsp3) is 0.302. The number of nitrogens with zero attached hydrogens (tertiary/aromatic N) is 3. The van der Waals surface area contributed by atoms with Gasteiger partial charge in [-0.15, -0.1) is 0 Å².